The van der Waals surface area contributed by atoms with Gasteiger partial charge in [0.05, 0.1) is 5.69 Å². The van der Waals surface area contributed by atoms with Gasteiger partial charge in [0, 0.05) is 11.6 Å². The predicted molar refractivity (Wildman–Crippen MR) is 46.5 cm³/mol. The van der Waals surface area contributed by atoms with Crippen LogP contribution in [0.15, 0.2) is 0 Å². The molecule has 2 heteroatoms. The standard InChI is InChI=1S/C9H15N2/c1-5-8-7(4)10-9(11-8)6(2)3/h6H,1,5H2,2-4H3,(H,10,11). The molecule has 0 aliphatic heterocycles. The van der Waals surface area contributed by atoms with Crippen molar-refractivity contribution in [3.05, 3.63) is 24.1 Å². The number of hydrogen-bond donors (Lipinski definition) is 1. The molecule has 0 fully saturated rings. The zero-order valence-corrected chi connectivity index (χ0v) is 7.44. The van der Waals surface area contributed by atoms with Crippen LogP contribution in [-0.2, 0) is 6.42 Å². The Bertz CT molecular complexity index is 236. The van der Waals surface area contributed by atoms with Gasteiger partial charge in [-0.1, -0.05) is 13.8 Å². The zero-order chi connectivity index (χ0) is 8.43. The minimum Gasteiger partial charge on any atom is -0.345 e. The van der Waals surface area contributed by atoms with Gasteiger partial charge in [0.2, 0.25) is 0 Å². The van der Waals surface area contributed by atoms with E-state index in [-0.39, 0.29) is 0 Å². The lowest BCUT2D eigenvalue weighted by Crippen LogP contribution is -1.89. The molecule has 0 aliphatic rings. The van der Waals surface area contributed by atoms with Crippen LogP contribution in [-0.4, -0.2) is 9.97 Å². The zero-order valence-electron chi connectivity index (χ0n) is 7.44. The molecule has 1 rings (SSSR count). The fraction of sp³-hybridized carbons (Fsp3) is 0.556. The van der Waals surface area contributed by atoms with Gasteiger partial charge in [-0.3, -0.25) is 0 Å². The highest BCUT2D eigenvalue weighted by Crippen LogP contribution is 2.13. The molecule has 0 amide bonds. The van der Waals surface area contributed by atoms with Gasteiger partial charge in [-0.2, -0.15) is 0 Å². The summed E-state index contributed by atoms with van der Waals surface area (Å²) >= 11 is 0. The molecule has 0 aromatic carbocycles. The van der Waals surface area contributed by atoms with Crippen LogP contribution in [0.25, 0.3) is 0 Å². The van der Waals surface area contributed by atoms with Crippen molar-refractivity contribution in [1.82, 2.24) is 9.97 Å². The van der Waals surface area contributed by atoms with Crippen LogP contribution in [0.2, 0.25) is 0 Å². The number of imidazole rings is 1. The van der Waals surface area contributed by atoms with Gasteiger partial charge in [-0.05, 0) is 20.3 Å². The maximum absolute atomic E-state index is 4.39. The van der Waals surface area contributed by atoms with Crippen molar-refractivity contribution < 1.29 is 0 Å². The molecule has 1 radical (unpaired) electrons. The van der Waals surface area contributed by atoms with Gasteiger partial charge >= 0.3 is 0 Å². The SMILES string of the molecule is [CH2]Cc1[nH]c(C(C)C)nc1C. The van der Waals surface area contributed by atoms with Gasteiger partial charge < -0.3 is 4.98 Å². The summed E-state index contributed by atoms with van der Waals surface area (Å²) in [5.74, 6) is 1.55. The van der Waals surface area contributed by atoms with Crippen LogP contribution in [0, 0.1) is 13.8 Å². The molecule has 1 aromatic heterocycles. The largest absolute Gasteiger partial charge is 0.345 e. The number of nitrogens with zero attached hydrogens (tertiary/aromatic N) is 1. The second-order valence-corrected chi connectivity index (χ2v) is 3.09. The van der Waals surface area contributed by atoms with E-state index in [4.69, 9.17) is 0 Å². The van der Waals surface area contributed by atoms with E-state index in [1.807, 2.05) is 6.92 Å². The van der Waals surface area contributed by atoms with Crippen molar-refractivity contribution in [3.63, 3.8) is 0 Å². The minimum absolute atomic E-state index is 0.481. The molecule has 0 atom stereocenters. The summed E-state index contributed by atoms with van der Waals surface area (Å²) in [6, 6.07) is 0. The third-order valence-corrected chi connectivity index (χ3v) is 1.80. The van der Waals surface area contributed by atoms with Gasteiger partial charge in [0.15, 0.2) is 0 Å². The molecule has 0 saturated heterocycles. The molecule has 1 heterocycles. The van der Waals surface area contributed by atoms with Crippen molar-refractivity contribution in [2.75, 3.05) is 0 Å². The maximum Gasteiger partial charge on any atom is 0.109 e. The van der Waals surface area contributed by atoms with Crippen LogP contribution in [0.4, 0.5) is 0 Å². The normalized spacial score (nSPS) is 11.0. The summed E-state index contributed by atoms with van der Waals surface area (Å²) in [4.78, 5) is 7.64. The van der Waals surface area contributed by atoms with Crippen LogP contribution in [0.3, 0.4) is 0 Å². The quantitative estimate of drug-likeness (QED) is 0.689. The fourth-order valence-corrected chi connectivity index (χ4v) is 1.04. The van der Waals surface area contributed by atoms with Crippen molar-refractivity contribution in [3.8, 4) is 0 Å². The van der Waals surface area contributed by atoms with E-state index in [2.05, 4.69) is 30.7 Å². The topological polar surface area (TPSA) is 28.7 Å². The van der Waals surface area contributed by atoms with E-state index in [9.17, 15) is 0 Å². The Morgan fingerprint density at radius 3 is 2.45 bits per heavy atom. The number of aryl methyl sites for hydroxylation is 1. The maximum atomic E-state index is 4.39. The van der Waals surface area contributed by atoms with Gasteiger partial charge in [-0.15, -0.1) is 0 Å². The summed E-state index contributed by atoms with van der Waals surface area (Å²) in [5, 5.41) is 0. The highest BCUT2D eigenvalue weighted by molar-refractivity contribution is 5.15. The van der Waals surface area contributed by atoms with Crippen LogP contribution < -0.4 is 0 Å². The van der Waals surface area contributed by atoms with Crippen molar-refractivity contribution >= 4 is 0 Å². The molecule has 0 aliphatic carbocycles. The summed E-state index contributed by atoms with van der Waals surface area (Å²) in [7, 11) is 0. The Hall–Kier alpha value is -0.790. The molecule has 61 valence electrons. The van der Waals surface area contributed by atoms with E-state index in [1.54, 1.807) is 0 Å². The number of rotatable bonds is 2. The van der Waals surface area contributed by atoms with Gasteiger partial charge in [-0.25, -0.2) is 4.98 Å². The Balaban J connectivity index is 2.95. The van der Waals surface area contributed by atoms with E-state index in [1.165, 1.54) is 0 Å². The molecule has 0 unspecified atom stereocenters. The molecule has 2 nitrogen and oxygen atoms in total. The summed E-state index contributed by atoms with van der Waals surface area (Å²) in [6.45, 7) is 10.1. The Morgan fingerprint density at radius 1 is 1.55 bits per heavy atom. The number of nitrogens with one attached hydrogen (secondary N) is 1. The first kappa shape index (κ1) is 8.31. The van der Waals surface area contributed by atoms with Crippen LogP contribution >= 0.6 is 0 Å². The smallest absolute Gasteiger partial charge is 0.109 e. The highest BCUT2D eigenvalue weighted by Gasteiger charge is 2.06. The minimum atomic E-state index is 0.481. The third kappa shape index (κ3) is 1.62. The second-order valence-electron chi connectivity index (χ2n) is 3.09. The Labute approximate surface area is 68.0 Å². The lowest BCUT2D eigenvalue weighted by atomic mass is 10.2. The summed E-state index contributed by atoms with van der Waals surface area (Å²) in [6.07, 6.45) is 0.797. The molecule has 0 bridgehead atoms. The van der Waals surface area contributed by atoms with E-state index in [0.29, 0.717) is 5.92 Å². The van der Waals surface area contributed by atoms with Crippen molar-refractivity contribution in [2.24, 2.45) is 0 Å². The molecular formula is C9H15N2. The highest BCUT2D eigenvalue weighted by atomic mass is 14.9. The van der Waals surface area contributed by atoms with Gasteiger partial charge in [0.1, 0.15) is 5.82 Å². The van der Waals surface area contributed by atoms with Crippen LogP contribution in [0.1, 0.15) is 37.0 Å². The van der Waals surface area contributed by atoms with Gasteiger partial charge in [0.25, 0.3) is 0 Å². The van der Waals surface area contributed by atoms with Crippen molar-refractivity contribution in [2.45, 2.75) is 33.1 Å². The Morgan fingerprint density at radius 2 is 2.18 bits per heavy atom. The first-order chi connectivity index (χ1) is 5.15. The molecular weight excluding hydrogens is 136 g/mol. The first-order valence-electron chi connectivity index (χ1n) is 3.99. The lowest BCUT2D eigenvalue weighted by molar-refractivity contribution is 0.789. The first-order valence-corrected chi connectivity index (χ1v) is 3.99. The Kier molecular flexibility index (Phi) is 2.32. The van der Waals surface area contributed by atoms with E-state index >= 15 is 0 Å². The van der Waals surface area contributed by atoms with E-state index in [0.717, 1.165) is 23.6 Å². The molecule has 0 saturated carbocycles. The fourth-order valence-electron chi connectivity index (χ4n) is 1.04. The average molecular weight is 151 g/mol. The third-order valence-electron chi connectivity index (χ3n) is 1.80. The summed E-state index contributed by atoms with van der Waals surface area (Å²) in [5.41, 5.74) is 2.25. The molecule has 11 heavy (non-hydrogen) atoms. The number of H-pyrrole nitrogens is 1. The molecule has 1 aromatic rings. The molecule has 0 spiro atoms. The van der Waals surface area contributed by atoms with E-state index < -0.39 is 0 Å². The second kappa shape index (κ2) is 3.07. The number of aromatic amines is 1. The lowest BCUT2D eigenvalue weighted by Gasteiger charge is -1.96. The average Bonchev–Trinajstić information content (AvgIpc) is 2.31. The number of hydrogen-bond acceptors (Lipinski definition) is 1. The molecule has 1 N–H and O–H groups in total. The monoisotopic (exact) mass is 151 g/mol. The number of aromatic nitrogens is 2. The summed E-state index contributed by atoms with van der Waals surface area (Å²) < 4.78 is 0. The van der Waals surface area contributed by atoms with Crippen LogP contribution in [0.5, 0.6) is 0 Å². The predicted octanol–water partition coefficient (Wildman–Crippen LogP) is 2.22. The van der Waals surface area contributed by atoms with Crippen molar-refractivity contribution in [1.29, 1.82) is 0 Å².